The summed E-state index contributed by atoms with van der Waals surface area (Å²) in [6, 6.07) is -0.738. The van der Waals surface area contributed by atoms with E-state index in [1.54, 1.807) is 0 Å². The Balaban J connectivity index is 2.14. The van der Waals surface area contributed by atoms with Crippen LogP contribution in [0.3, 0.4) is 0 Å². The lowest BCUT2D eigenvalue weighted by molar-refractivity contribution is -0.302. The first-order chi connectivity index (χ1) is 43.8. The molecule has 1 amide bonds. The molecule has 0 aromatic heterocycles. The number of aliphatic hydroxyl groups is 5. The second-order valence-corrected chi connectivity index (χ2v) is 25.4. The molecule has 1 rings (SSSR count). The Kier molecular flexibility index (Phi) is 63.4. The quantitative estimate of drug-likeness (QED) is 0.0261. The third-order valence-electron chi connectivity index (χ3n) is 17.1. The highest BCUT2D eigenvalue weighted by molar-refractivity contribution is 5.76. The zero-order chi connectivity index (χ0) is 64.2. The minimum Gasteiger partial charge on any atom is -0.394 e. The maximum Gasteiger partial charge on any atom is 0.220 e. The first kappa shape index (κ1) is 83.6. The van der Waals surface area contributed by atoms with Gasteiger partial charge in [0.1, 0.15) is 24.4 Å². The van der Waals surface area contributed by atoms with Crippen LogP contribution in [-0.2, 0) is 14.3 Å². The fourth-order valence-electron chi connectivity index (χ4n) is 11.3. The number of unbranched alkanes of at least 4 members (excludes halogenated alkanes) is 34. The van der Waals surface area contributed by atoms with Gasteiger partial charge in [0, 0.05) is 6.42 Å². The first-order valence-electron chi connectivity index (χ1n) is 37.2. The molecule has 1 aliphatic heterocycles. The molecule has 0 aromatic carbocycles. The highest BCUT2D eigenvalue weighted by atomic mass is 16.7. The second kappa shape index (κ2) is 67.5. The molecule has 9 nitrogen and oxygen atoms in total. The minimum absolute atomic E-state index is 0.150. The molecule has 0 aliphatic carbocycles. The summed E-state index contributed by atoms with van der Waals surface area (Å²) >= 11 is 0. The highest BCUT2D eigenvalue weighted by Gasteiger charge is 2.44. The van der Waals surface area contributed by atoms with Crippen molar-refractivity contribution in [1.29, 1.82) is 0 Å². The predicted molar refractivity (Wildman–Crippen MR) is 382 cm³/mol. The monoisotopic (exact) mass is 1240 g/mol. The Morgan fingerprint density at radius 2 is 0.697 bits per heavy atom. The molecule has 0 saturated carbocycles. The van der Waals surface area contributed by atoms with E-state index in [4.69, 9.17) is 9.47 Å². The van der Waals surface area contributed by atoms with Crippen molar-refractivity contribution in [1.82, 2.24) is 5.32 Å². The average Bonchev–Trinajstić information content (AvgIpc) is 2.28. The number of hydrogen-bond donors (Lipinski definition) is 6. The van der Waals surface area contributed by atoms with Crippen molar-refractivity contribution < 1.29 is 39.8 Å². The average molecular weight is 1240 g/mol. The van der Waals surface area contributed by atoms with Gasteiger partial charge >= 0.3 is 0 Å². The fraction of sp³-hybridized carbons (Fsp3) is 0.738. The number of rotatable bonds is 64. The van der Waals surface area contributed by atoms with Crippen LogP contribution in [0.1, 0.15) is 322 Å². The molecule has 9 heteroatoms. The molecular formula is C80H139NO8. The van der Waals surface area contributed by atoms with Gasteiger partial charge in [0.05, 0.1) is 25.4 Å². The topological polar surface area (TPSA) is 149 Å². The molecule has 0 bridgehead atoms. The van der Waals surface area contributed by atoms with Gasteiger partial charge in [-0.3, -0.25) is 4.79 Å². The highest BCUT2D eigenvalue weighted by Crippen LogP contribution is 2.24. The Morgan fingerprint density at radius 1 is 0.393 bits per heavy atom. The van der Waals surface area contributed by atoms with Crippen LogP contribution in [0, 0.1) is 0 Å². The van der Waals surface area contributed by atoms with E-state index in [9.17, 15) is 30.3 Å². The van der Waals surface area contributed by atoms with Crippen molar-refractivity contribution in [3.63, 3.8) is 0 Å². The lowest BCUT2D eigenvalue weighted by Crippen LogP contribution is -2.60. The number of amides is 1. The van der Waals surface area contributed by atoms with E-state index in [-0.39, 0.29) is 12.5 Å². The number of nitrogens with one attached hydrogen (secondary N) is 1. The maximum atomic E-state index is 13.2. The molecule has 1 heterocycles. The summed E-state index contributed by atoms with van der Waals surface area (Å²) in [5.74, 6) is -0.159. The van der Waals surface area contributed by atoms with Crippen molar-refractivity contribution in [3.05, 3.63) is 122 Å². The van der Waals surface area contributed by atoms with Gasteiger partial charge in [-0.1, -0.05) is 347 Å². The van der Waals surface area contributed by atoms with E-state index < -0.39 is 49.5 Å². The third kappa shape index (κ3) is 55.9. The van der Waals surface area contributed by atoms with Crippen LogP contribution in [0.2, 0.25) is 0 Å². The SMILES string of the molecule is CC/C=C\C/C=C\C/C=C\C/C=C\C/C=C\C/C=C\C/C=C\C/C=C\C/C=C\C/C=C\CCCCCCCCC(=O)NC(COC1OC(CO)C(O)C(O)C1O)C(O)CCCCCCCCCCCCCCCCCCCCCCCCCCCCCCC. The van der Waals surface area contributed by atoms with E-state index in [2.05, 4.69) is 141 Å². The summed E-state index contributed by atoms with van der Waals surface area (Å²) in [6.45, 7) is 3.75. The summed E-state index contributed by atoms with van der Waals surface area (Å²) in [7, 11) is 0. The summed E-state index contributed by atoms with van der Waals surface area (Å²) in [6.07, 6.45) is 94.1. The fourth-order valence-corrected chi connectivity index (χ4v) is 11.3. The molecule has 7 atom stereocenters. The second-order valence-electron chi connectivity index (χ2n) is 25.4. The molecule has 0 spiro atoms. The predicted octanol–water partition coefficient (Wildman–Crippen LogP) is 21.0. The van der Waals surface area contributed by atoms with Crippen molar-refractivity contribution in [2.45, 2.75) is 365 Å². The molecule has 0 aromatic rings. The lowest BCUT2D eigenvalue weighted by atomic mass is 9.99. The Morgan fingerprint density at radius 3 is 1.03 bits per heavy atom. The van der Waals surface area contributed by atoms with Crippen LogP contribution < -0.4 is 5.32 Å². The summed E-state index contributed by atoms with van der Waals surface area (Å²) in [5, 5.41) is 55.0. The maximum absolute atomic E-state index is 13.2. The van der Waals surface area contributed by atoms with E-state index >= 15 is 0 Å². The lowest BCUT2D eigenvalue weighted by Gasteiger charge is -2.40. The van der Waals surface area contributed by atoms with Crippen LogP contribution in [-0.4, -0.2) is 87.5 Å². The Bertz CT molecular complexity index is 1830. The van der Waals surface area contributed by atoms with Gasteiger partial charge in [0.25, 0.3) is 0 Å². The molecule has 1 aliphatic rings. The van der Waals surface area contributed by atoms with Crippen LogP contribution in [0.4, 0.5) is 0 Å². The van der Waals surface area contributed by atoms with Gasteiger partial charge in [-0.15, -0.1) is 0 Å². The van der Waals surface area contributed by atoms with Gasteiger partial charge in [0.2, 0.25) is 5.91 Å². The third-order valence-corrected chi connectivity index (χ3v) is 17.1. The van der Waals surface area contributed by atoms with E-state index in [1.807, 2.05) is 0 Å². The van der Waals surface area contributed by atoms with Crippen LogP contribution in [0.25, 0.3) is 0 Å². The van der Waals surface area contributed by atoms with E-state index in [0.29, 0.717) is 12.8 Å². The van der Waals surface area contributed by atoms with Crippen molar-refractivity contribution in [2.24, 2.45) is 0 Å². The van der Waals surface area contributed by atoms with Gasteiger partial charge < -0.3 is 40.3 Å². The van der Waals surface area contributed by atoms with Crippen LogP contribution in [0.15, 0.2) is 122 Å². The van der Waals surface area contributed by atoms with Gasteiger partial charge in [-0.25, -0.2) is 0 Å². The minimum atomic E-state index is -1.56. The molecule has 89 heavy (non-hydrogen) atoms. The molecule has 0 radical (unpaired) electrons. The van der Waals surface area contributed by atoms with E-state index in [1.165, 1.54) is 167 Å². The molecule has 6 N–H and O–H groups in total. The Labute approximate surface area is 548 Å². The molecule has 1 saturated heterocycles. The van der Waals surface area contributed by atoms with Crippen molar-refractivity contribution >= 4 is 5.91 Å². The van der Waals surface area contributed by atoms with Crippen LogP contribution in [0.5, 0.6) is 0 Å². The standard InChI is InChI=1S/C80H139NO8/c1-3-5-7-9-11-13-15-17-19-21-23-25-27-29-31-33-34-35-36-37-38-39-40-42-44-46-48-50-52-54-56-58-60-62-64-66-68-70-76(84)81-73(72-88-80-79(87)78(86)77(85)75(71-82)89-80)74(83)69-67-65-63-61-59-57-55-53-51-49-47-45-43-41-32-30-28-26-24-22-20-18-16-14-12-10-8-6-4-2/h5,7,11,13,17,19,23,25,29,31,34-35,37-38,40,42,46,48,52,54,73-75,77-80,82-83,85-87H,3-4,6,8-10,12,14-16,18,20-22,24,26-28,30,32-33,36,39,41,43-45,47,49-51,53,55-72H2,1-2H3,(H,81,84)/b7-5-,13-11-,19-17-,25-23-,31-29-,35-34-,38-37-,42-40-,48-46-,54-52-. The number of carbonyl (C=O) groups excluding carboxylic acids is 1. The van der Waals surface area contributed by atoms with Gasteiger partial charge in [-0.05, 0) is 89.9 Å². The number of ether oxygens (including phenoxy) is 2. The smallest absolute Gasteiger partial charge is 0.220 e. The molecule has 512 valence electrons. The zero-order valence-corrected chi connectivity index (χ0v) is 57.4. The van der Waals surface area contributed by atoms with Crippen molar-refractivity contribution in [3.8, 4) is 0 Å². The Hall–Kier alpha value is -3.41. The number of aliphatic hydroxyl groups excluding tert-OH is 5. The van der Waals surface area contributed by atoms with Crippen LogP contribution >= 0.6 is 0 Å². The van der Waals surface area contributed by atoms with Crippen molar-refractivity contribution in [2.75, 3.05) is 13.2 Å². The summed E-state index contributed by atoms with van der Waals surface area (Å²) in [4.78, 5) is 13.2. The van der Waals surface area contributed by atoms with E-state index in [0.717, 1.165) is 128 Å². The number of carbonyl (C=O) groups is 1. The normalized spacial score (nSPS) is 18.6. The number of hydrogen-bond acceptors (Lipinski definition) is 8. The zero-order valence-electron chi connectivity index (χ0n) is 57.4. The molecular weight excluding hydrogens is 1100 g/mol. The summed E-state index contributed by atoms with van der Waals surface area (Å²) in [5.41, 5.74) is 0. The molecule has 7 unspecified atom stereocenters. The number of allylic oxidation sites excluding steroid dienone is 20. The first-order valence-corrected chi connectivity index (χ1v) is 37.2. The summed E-state index contributed by atoms with van der Waals surface area (Å²) < 4.78 is 11.4. The van der Waals surface area contributed by atoms with Gasteiger partial charge in [0.15, 0.2) is 6.29 Å². The molecule has 1 fully saturated rings. The van der Waals surface area contributed by atoms with Gasteiger partial charge in [-0.2, -0.15) is 0 Å². The largest absolute Gasteiger partial charge is 0.394 e.